The van der Waals surface area contributed by atoms with Crippen molar-refractivity contribution < 1.29 is 0 Å². The van der Waals surface area contributed by atoms with Gasteiger partial charge in [-0.25, -0.2) is 4.68 Å². The summed E-state index contributed by atoms with van der Waals surface area (Å²) in [6, 6.07) is 6.18. The Morgan fingerprint density at radius 1 is 1.23 bits per heavy atom. The fourth-order valence-corrected chi connectivity index (χ4v) is 3.13. The highest BCUT2D eigenvalue weighted by Gasteiger charge is 2.23. The van der Waals surface area contributed by atoms with Crippen LogP contribution in [0, 0.1) is 6.92 Å². The van der Waals surface area contributed by atoms with Crippen molar-refractivity contribution in [2.45, 2.75) is 51.2 Å². The molecule has 2 aromatic rings. The molecule has 1 aliphatic rings. The van der Waals surface area contributed by atoms with E-state index < -0.39 is 0 Å². The maximum absolute atomic E-state index is 11.9. The number of hydrogen-bond donors (Lipinski definition) is 1. The monoisotopic (exact) mass is 301 g/mol. The highest BCUT2D eigenvalue weighted by molar-refractivity contribution is 5.00. The van der Waals surface area contributed by atoms with Crippen molar-refractivity contribution in [3.05, 3.63) is 46.1 Å². The zero-order chi connectivity index (χ0) is 15.5. The van der Waals surface area contributed by atoms with E-state index in [-0.39, 0.29) is 11.6 Å². The van der Waals surface area contributed by atoms with E-state index >= 15 is 0 Å². The highest BCUT2D eigenvalue weighted by Crippen LogP contribution is 2.27. The zero-order valence-electron chi connectivity index (χ0n) is 13.2. The summed E-state index contributed by atoms with van der Waals surface area (Å²) in [4.78, 5) is 11.9. The number of nitrogens with zero attached hydrogens (tertiary/aromatic N) is 4. The molecule has 2 heterocycles. The van der Waals surface area contributed by atoms with E-state index in [9.17, 15) is 4.79 Å². The van der Waals surface area contributed by atoms with Crippen LogP contribution in [0.4, 0.5) is 0 Å². The fourth-order valence-electron chi connectivity index (χ4n) is 3.13. The Morgan fingerprint density at radius 3 is 2.68 bits per heavy atom. The Bertz CT molecular complexity index is 682. The van der Waals surface area contributed by atoms with Gasteiger partial charge in [-0.05, 0) is 44.7 Å². The number of nitrogens with one attached hydrogen (secondary N) is 1. The molecule has 0 aromatic carbocycles. The van der Waals surface area contributed by atoms with Crippen molar-refractivity contribution in [1.82, 2.24) is 24.9 Å². The van der Waals surface area contributed by atoms with Crippen molar-refractivity contribution in [1.29, 1.82) is 0 Å². The van der Waals surface area contributed by atoms with Crippen molar-refractivity contribution in [3.63, 3.8) is 0 Å². The third kappa shape index (κ3) is 3.27. The molecule has 0 bridgehead atoms. The van der Waals surface area contributed by atoms with Crippen LogP contribution in [-0.2, 0) is 13.6 Å². The number of rotatable bonds is 4. The topological polar surface area (TPSA) is 64.7 Å². The summed E-state index contributed by atoms with van der Waals surface area (Å²) in [5.74, 6) is 0. The number of aromatic nitrogens is 4. The first kappa shape index (κ1) is 15.0. The van der Waals surface area contributed by atoms with Crippen molar-refractivity contribution >= 4 is 0 Å². The van der Waals surface area contributed by atoms with Crippen LogP contribution in [0.25, 0.3) is 0 Å². The smallest absolute Gasteiger partial charge is 0.267 e. The van der Waals surface area contributed by atoms with Crippen LogP contribution in [0.15, 0.2) is 29.2 Å². The average Bonchev–Trinajstić information content (AvgIpc) is 2.93. The van der Waals surface area contributed by atoms with E-state index in [1.54, 1.807) is 16.8 Å². The summed E-state index contributed by atoms with van der Waals surface area (Å²) in [5, 5.41) is 12.2. The Labute approximate surface area is 130 Å². The number of aryl methyl sites for hydroxylation is 2. The van der Waals surface area contributed by atoms with Crippen LogP contribution < -0.4 is 10.9 Å². The van der Waals surface area contributed by atoms with Crippen LogP contribution >= 0.6 is 0 Å². The fraction of sp³-hybridized carbons (Fsp3) is 0.562. The molecular formula is C16H23N5O. The molecule has 6 nitrogen and oxygen atoms in total. The summed E-state index contributed by atoms with van der Waals surface area (Å²) < 4.78 is 3.57. The van der Waals surface area contributed by atoms with E-state index in [1.165, 1.54) is 5.69 Å². The van der Waals surface area contributed by atoms with Crippen molar-refractivity contribution in [2.24, 2.45) is 7.05 Å². The first-order chi connectivity index (χ1) is 10.6. The number of hydrogen-bond acceptors (Lipinski definition) is 4. The molecule has 1 saturated carbocycles. The van der Waals surface area contributed by atoms with Gasteiger partial charge in [0.05, 0.1) is 17.4 Å². The maximum atomic E-state index is 11.9. The molecule has 0 spiro atoms. The van der Waals surface area contributed by atoms with Gasteiger partial charge in [0.2, 0.25) is 0 Å². The largest absolute Gasteiger partial charge is 0.308 e. The third-order valence-electron chi connectivity index (χ3n) is 4.50. The molecule has 0 atom stereocenters. The van der Waals surface area contributed by atoms with Gasteiger partial charge in [-0.15, -0.1) is 0 Å². The second-order valence-corrected chi connectivity index (χ2v) is 6.09. The van der Waals surface area contributed by atoms with Gasteiger partial charge >= 0.3 is 0 Å². The van der Waals surface area contributed by atoms with Gasteiger partial charge in [-0.1, -0.05) is 0 Å². The van der Waals surface area contributed by atoms with E-state index in [0.29, 0.717) is 6.04 Å². The Hall–Kier alpha value is -1.95. The van der Waals surface area contributed by atoms with Crippen LogP contribution in [-0.4, -0.2) is 25.6 Å². The van der Waals surface area contributed by atoms with E-state index in [2.05, 4.69) is 15.5 Å². The lowest BCUT2D eigenvalue weighted by atomic mass is 9.91. The Kier molecular flexibility index (Phi) is 4.38. The summed E-state index contributed by atoms with van der Waals surface area (Å²) >= 11 is 0. The van der Waals surface area contributed by atoms with Crippen LogP contribution in [0.3, 0.4) is 0 Å². The van der Waals surface area contributed by atoms with Crippen molar-refractivity contribution in [3.8, 4) is 0 Å². The van der Waals surface area contributed by atoms with Gasteiger partial charge in [0.25, 0.3) is 5.56 Å². The second-order valence-electron chi connectivity index (χ2n) is 6.09. The van der Waals surface area contributed by atoms with Gasteiger partial charge in [0.1, 0.15) is 0 Å². The molecule has 22 heavy (non-hydrogen) atoms. The molecule has 2 aromatic heterocycles. The molecule has 0 amide bonds. The molecule has 3 rings (SSSR count). The molecule has 0 radical (unpaired) electrons. The predicted molar refractivity (Wildman–Crippen MR) is 84.6 cm³/mol. The quantitative estimate of drug-likeness (QED) is 0.931. The minimum absolute atomic E-state index is 0.0110. The molecule has 6 heteroatoms. The maximum Gasteiger partial charge on any atom is 0.267 e. The van der Waals surface area contributed by atoms with Gasteiger partial charge in [-0.2, -0.15) is 10.2 Å². The van der Waals surface area contributed by atoms with Gasteiger partial charge < -0.3 is 5.32 Å². The standard InChI is InChI=1S/C16H23N5O/c1-12-3-8-16(22)21(19-12)14-6-4-13(5-7-14)17-11-15-9-10-18-20(15)2/h3,8-10,13-14,17H,4-7,11H2,1-2H3. The SMILES string of the molecule is Cc1ccc(=O)n(C2CCC(NCc3ccnn3C)CC2)n1. The highest BCUT2D eigenvalue weighted by atomic mass is 16.1. The van der Waals surface area contributed by atoms with Crippen LogP contribution in [0.2, 0.25) is 0 Å². The molecule has 0 unspecified atom stereocenters. The van der Waals surface area contributed by atoms with Crippen LogP contribution in [0.1, 0.15) is 43.1 Å². The third-order valence-corrected chi connectivity index (χ3v) is 4.50. The molecule has 118 valence electrons. The summed E-state index contributed by atoms with van der Waals surface area (Å²) in [6.45, 7) is 2.77. The summed E-state index contributed by atoms with van der Waals surface area (Å²) in [7, 11) is 1.96. The lowest BCUT2D eigenvalue weighted by Crippen LogP contribution is -2.36. The molecule has 1 fully saturated rings. The Balaban J connectivity index is 1.55. The predicted octanol–water partition coefficient (Wildman–Crippen LogP) is 1.56. The lowest BCUT2D eigenvalue weighted by Gasteiger charge is -2.29. The van der Waals surface area contributed by atoms with Gasteiger partial charge in [-0.3, -0.25) is 9.48 Å². The lowest BCUT2D eigenvalue weighted by molar-refractivity contribution is 0.267. The van der Waals surface area contributed by atoms with Crippen molar-refractivity contribution in [2.75, 3.05) is 0 Å². The molecule has 1 aliphatic carbocycles. The average molecular weight is 301 g/mol. The zero-order valence-corrected chi connectivity index (χ0v) is 13.2. The van der Waals surface area contributed by atoms with E-state index in [0.717, 1.165) is 37.9 Å². The minimum atomic E-state index is 0.0110. The second kappa shape index (κ2) is 6.44. The first-order valence-corrected chi connectivity index (χ1v) is 7.90. The van der Waals surface area contributed by atoms with E-state index in [1.807, 2.05) is 30.9 Å². The molecular weight excluding hydrogens is 278 g/mol. The van der Waals surface area contributed by atoms with Crippen LogP contribution in [0.5, 0.6) is 0 Å². The van der Waals surface area contributed by atoms with Gasteiger partial charge in [0.15, 0.2) is 0 Å². The summed E-state index contributed by atoms with van der Waals surface area (Å²) in [5.41, 5.74) is 2.10. The molecule has 0 saturated heterocycles. The van der Waals surface area contributed by atoms with E-state index in [4.69, 9.17) is 0 Å². The molecule has 1 N–H and O–H groups in total. The first-order valence-electron chi connectivity index (χ1n) is 7.90. The van der Waals surface area contributed by atoms with Gasteiger partial charge in [0, 0.05) is 31.9 Å². The summed E-state index contributed by atoms with van der Waals surface area (Å²) in [6.07, 6.45) is 5.97. The minimum Gasteiger partial charge on any atom is -0.308 e. The molecule has 0 aliphatic heterocycles. The normalized spacial score (nSPS) is 21.9. The Morgan fingerprint density at radius 2 is 2.00 bits per heavy atom.